The van der Waals surface area contributed by atoms with Gasteiger partial charge < -0.3 is 20.1 Å². The summed E-state index contributed by atoms with van der Waals surface area (Å²) in [5, 5.41) is 1.57. The molecule has 0 fully saturated rings. The molecule has 1 unspecified atom stereocenters. The fourth-order valence-electron chi connectivity index (χ4n) is 5.53. The van der Waals surface area contributed by atoms with Crippen molar-refractivity contribution >= 4 is 55.8 Å². The summed E-state index contributed by atoms with van der Waals surface area (Å²) in [6, 6.07) is 16.3. The van der Waals surface area contributed by atoms with Crippen molar-refractivity contribution in [2.45, 2.75) is 12.3 Å². The summed E-state index contributed by atoms with van der Waals surface area (Å²) in [5.41, 5.74) is 6.53. The van der Waals surface area contributed by atoms with E-state index in [-0.39, 0.29) is 29.4 Å². The van der Waals surface area contributed by atoms with Crippen LogP contribution in [-0.4, -0.2) is 31.3 Å². The van der Waals surface area contributed by atoms with Crippen molar-refractivity contribution in [2.24, 2.45) is 5.73 Å². The van der Waals surface area contributed by atoms with Crippen LogP contribution in [0.4, 0.5) is 5.69 Å². The van der Waals surface area contributed by atoms with Gasteiger partial charge in [0.25, 0.3) is 0 Å². The summed E-state index contributed by atoms with van der Waals surface area (Å²) >= 11 is 3.48. The molecule has 6 rings (SSSR count). The minimum atomic E-state index is -1.83. The van der Waals surface area contributed by atoms with E-state index in [1.165, 1.54) is 4.90 Å². The number of nitrogens with two attached hydrogens (primary N) is 1. The highest BCUT2D eigenvalue weighted by Crippen LogP contribution is 2.58. The number of likely N-dealkylation sites (N-methyl/N-ethyl adjacent to an activating group) is 1. The summed E-state index contributed by atoms with van der Waals surface area (Å²) in [6.45, 7) is 1.72. The first-order valence-electron chi connectivity index (χ1n) is 11.1. The first-order chi connectivity index (χ1) is 16.8. The molecule has 1 spiro atoms. The Morgan fingerprint density at radius 3 is 2.54 bits per heavy atom. The van der Waals surface area contributed by atoms with Gasteiger partial charge in [0.2, 0.25) is 11.8 Å². The first-order valence-corrected chi connectivity index (χ1v) is 11.9. The van der Waals surface area contributed by atoms with Crippen molar-refractivity contribution in [1.82, 2.24) is 0 Å². The number of ether oxygens (including phenoxy) is 2. The molecule has 2 heterocycles. The maximum Gasteiger partial charge on any atom is 0.341 e. The van der Waals surface area contributed by atoms with Crippen LogP contribution in [0.25, 0.3) is 16.5 Å². The zero-order valence-electron chi connectivity index (χ0n) is 18.8. The van der Waals surface area contributed by atoms with Crippen LogP contribution in [0, 0.1) is 0 Å². The van der Waals surface area contributed by atoms with Gasteiger partial charge in [-0.05, 0) is 30.5 Å². The lowest BCUT2D eigenvalue weighted by Gasteiger charge is -2.39. The second-order valence-electron chi connectivity index (χ2n) is 8.58. The Labute approximate surface area is 208 Å². The van der Waals surface area contributed by atoms with Crippen LogP contribution in [0.5, 0.6) is 0 Å². The van der Waals surface area contributed by atoms with Gasteiger partial charge in [0.05, 0.1) is 12.2 Å². The summed E-state index contributed by atoms with van der Waals surface area (Å²) in [7, 11) is 1.61. The molecule has 0 saturated heterocycles. The molecule has 2 N–H and O–H groups in total. The summed E-state index contributed by atoms with van der Waals surface area (Å²) in [4.78, 5) is 43.3. The van der Waals surface area contributed by atoms with E-state index in [0.717, 1.165) is 10.8 Å². The SMILES string of the molecule is CCOC(=O)C1=C(N)OC2=C(C(=O)c3cccc4cccc2c34)C12C(=O)N(C)c1ccc(Br)cc12. The lowest BCUT2D eigenvalue weighted by Crippen LogP contribution is -2.50. The van der Waals surface area contributed by atoms with Crippen LogP contribution in [0.1, 0.15) is 28.4 Å². The molecule has 35 heavy (non-hydrogen) atoms. The van der Waals surface area contributed by atoms with Crippen LogP contribution < -0.4 is 10.6 Å². The van der Waals surface area contributed by atoms with Gasteiger partial charge in [-0.15, -0.1) is 0 Å². The average molecular weight is 531 g/mol. The second-order valence-corrected chi connectivity index (χ2v) is 9.50. The number of carbonyl (C=O) groups excluding carboxylic acids is 3. The third-order valence-corrected chi connectivity index (χ3v) is 7.38. The maximum atomic E-state index is 14.2. The predicted octanol–water partition coefficient (Wildman–Crippen LogP) is 4.19. The molecule has 0 aromatic heterocycles. The smallest absolute Gasteiger partial charge is 0.341 e. The van der Waals surface area contributed by atoms with Gasteiger partial charge in [0.15, 0.2) is 5.78 Å². The molecular formula is C27H19BrN2O5. The van der Waals surface area contributed by atoms with Gasteiger partial charge in [-0.2, -0.15) is 0 Å². The number of esters is 1. The number of hydrogen-bond donors (Lipinski definition) is 1. The number of amides is 1. The number of hydrogen-bond acceptors (Lipinski definition) is 6. The van der Waals surface area contributed by atoms with Gasteiger partial charge in [-0.1, -0.05) is 52.3 Å². The number of rotatable bonds is 2. The molecule has 0 radical (unpaired) electrons. The quantitative estimate of drug-likeness (QED) is 0.499. The van der Waals surface area contributed by atoms with Crippen molar-refractivity contribution in [2.75, 3.05) is 18.6 Å². The Morgan fingerprint density at radius 2 is 1.83 bits per heavy atom. The van der Waals surface area contributed by atoms with E-state index in [2.05, 4.69) is 15.9 Å². The van der Waals surface area contributed by atoms with E-state index in [9.17, 15) is 14.4 Å². The largest absolute Gasteiger partial charge is 0.462 e. The van der Waals surface area contributed by atoms with E-state index in [1.54, 1.807) is 44.3 Å². The molecule has 0 bridgehead atoms. The standard InChI is InChI=1S/C27H19BrN2O5/c1-3-34-25(32)21-24(29)35-23-16-9-5-7-13-6-4-8-15(19(13)16)22(31)20(23)27(21)17-12-14(28)10-11-18(17)30(2)26(27)33/h4-12H,3,29H2,1-2H3. The van der Waals surface area contributed by atoms with E-state index in [0.29, 0.717) is 26.9 Å². The number of benzene rings is 3. The number of carbonyl (C=O) groups is 3. The molecule has 8 heteroatoms. The van der Waals surface area contributed by atoms with Gasteiger partial charge in [-0.3, -0.25) is 9.59 Å². The Bertz CT molecular complexity index is 1580. The monoisotopic (exact) mass is 530 g/mol. The minimum Gasteiger partial charge on any atom is -0.462 e. The third kappa shape index (κ3) is 2.57. The summed E-state index contributed by atoms with van der Waals surface area (Å²) in [5.74, 6) is -1.77. The van der Waals surface area contributed by atoms with Crippen molar-refractivity contribution in [3.63, 3.8) is 0 Å². The van der Waals surface area contributed by atoms with Crippen LogP contribution in [0.3, 0.4) is 0 Å². The fourth-order valence-corrected chi connectivity index (χ4v) is 5.89. The molecule has 7 nitrogen and oxygen atoms in total. The van der Waals surface area contributed by atoms with E-state index in [4.69, 9.17) is 15.2 Å². The molecule has 1 amide bonds. The fraction of sp³-hybridized carbons (Fsp3) is 0.148. The molecule has 1 atom stereocenters. The summed E-state index contributed by atoms with van der Waals surface area (Å²) in [6.07, 6.45) is 0. The second kappa shape index (κ2) is 7.29. The molecule has 1 aliphatic carbocycles. The predicted molar refractivity (Wildman–Crippen MR) is 133 cm³/mol. The van der Waals surface area contributed by atoms with Crippen LogP contribution in [-0.2, 0) is 24.5 Å². The molecule has 2 aliphatic heterocycles. The van der Waals surface area contributed by atoms with E-state index < -0.39 is 23.1 Å². The molecule has 3 aromatic rings. The van der Waals surface area contributed by atoms with E-state index in [1.807, 2.05) is 24.3 Å². The normalized spacial score (nSPS) is 20.4. The average Bonchev–Trinajstić information content (AvgIpc) is 3.04. The van der Waals surface area contributed by atoms with Gasteiger partial charge in [-0.25, -0.2) is 4.79 Å². The number of ketones is 1. The number of nitrogens with zero attached hydrogens (tertiary/aromatic N) is 1. The topological polar surface area (TPSA) is 98.9 Å². The van der Waals surface area contributed by atoms with Crippen molar-refractivity contribution < 1.29 is 23.9 Å². The Morgan fingerprint density at radius 1 is 1.11 bits per heavy atom. The third-order valence-electron chi connectivity index (χ3n) is 6.89. The molecule has 3 aliphatic rings. The Hall–Kier alpha value is -3.91. The van der Waals surface area contributed by atoms with Gasteiger partial charge >= 0.3 is 5.97 Å². The van der Waals surface area contributed by atoms with E-state index >= 15 is 0 Å². The van der Waals surface area contributed by atoms with Crippen molar-refractivity contribution in [3.8, 4) is 0 Å². The van der Waals surface area contributed by atoms with Crippen LogP contribution in [0.15, 0.2) is 76.1 Å². The van der Waals surface area contributed by atoms with Gasteiger partial charge in [0, 0.05) is 39.3 Å². The van der Waals surface area contributed by atoms with Crippen LogP contribution in [0.2, 0.25) is 0 Å². The first kappa shape index (κ1) is 21.6. The van der Waals surface area contributed by atoms with Crippen molar-refractivity contribution in [1.29, 1.82) is 0 Å². The number of anilines is 1. The van der Waals surface area contributed by atoms with Gasteiger partial charge in [0.1, 0.15) is 16.7 Å². The number of Topliss-reactive ketones (excluding diaryl/α,β-unsaturated/α-hetero) is 1. The number of halogens is 1. The minimum absolute atomic E-state index is 0.0586. The number of fused-ring (bicyclic) bond motifs is 4. The summed E-state index contributed by atoms with van der Waals surface area (Å²) < 4.78 is 12.1. The Balaban J connectivity index is 1.79. The molecular weight excluding hydrogens is 512 g/mol. The zero-order chi connectivity index (χ0) is 24.6. The lowest BCUT2D eigenvalue weighted by molar-refractivity contribution is -0.140. The highest BCUT2D eigenvalue weighted by atomic mass is 79.9. The highest BCUT2D eigenvalue weighted by Gasteiger charge is 2.64. The zero-order valence-corrected chi connectivity index (χ0v) is 20.4. The molecule has 3 aromatic carbocycles. The molecule has 0 saturated carbocycles. The van der Waals surface area contributed by atoms with Crippen LogP contribution >= 0.6 is 15.9 Å². The molecule has 174 valence electrons. The lowest BCUT2D eigenvalue weighted by atomic mass is 9.64. The highest BCUT2D eigenvalue weighted by molar-refractivity contribution is 9.10. The maximum absolute atomic E-state index is 14.2. The Kier molecular flexibility index (Phi) is 4.50. The van der Waals surface area contributed by atoms with Crippen molar-refractivity contribution in [3.05, 3.63) is 92.8 Å².